The van der Waals surface area contributed by atoms with Crippen molar-refractivity contribution in [1.29, 1.82) is 0 Å². The number of carbonyl (C=O) groups excluding carboxylic acids is 1. The van der Waals surface area contributed by atoms with E-state index in [2.05, 4.69) is 0 Å². The number of hydrogen-bond acceptors (Lipinski definition) is 5. The van der Waals surface area contributed by atoms with Gasteiger partial charge in [0.1, 0.15) is 5.60 Å². The zero-order valence-electron chi connectivity index (χ0n) is 14.4. The Morgan fingerprint density at radius 2 is 2.12 bits per heavy atom. The number of nitrogens with zero attached hydrogens (tertiary/aromatic N) is 2. The Balaban J connectivity index is 2.18. The maximum absolute atomic E-state index is 12.2. The van der Waals surface area contributed by atoms with Gasteiger partial charge in [0.2, 0.25) is 0 Å². The molecule has 0 atom stereocenters. The Morgan fingerprint density at radius 3 is 2.71 bits per heavy atom. The highest BCUT2D eigenvalue weighted by Crippen LogP contribution is 2.30. The summed E-state index contributed by atoms with van der Waals surface area (Å²) in [4.78, 5) is 24.4. The summed E-state index contributed by atoms with van der Waals surface area (Å²) in [5, 5.41) is 11.0. The molecular weight excluding hydrogens is 328 g/mol. The average molecular weight is 350 g/mol. The number of nitro benzene ring substituents is 1. The van der Waals surface area contributed by atoms with E-state index in [4.69, 9.17) is 4.74 Å². The van der Waals surface area contributed by atoms with Crippen LogP contribution in [0.2, 0.25) is 0 Å². The number of nitro groups is 1. The average Bonchev–Trinajstić information content (AvgIpc) is 2.95. The van der Waals surface area contributed by atoms with Crippen molar-refractivity contribution in [2.24, 2.45) is 0 Å². The first-order chi connectivity index (χ1) is 11.2. The fraction of sp³-hybridized carbons (Fsp3) is 0.471. The van der Waals surface area contributed by atoms with Crippen LogP contribution in [0.15, 0.2) is 24.3 Å². The van der Waals surface area contributed by atoms with E-state index in [0.29, 0.717) is 18.8 Å². The normalized spacial score (nSPS) is 14.5. The van der Waals surface area contributed by atoms with E-state index in [1.54, 1.807) is 28.8 Å². The zero-order chi connectivity index (χ0) is 17.9. The van der Waals surface area contributed by atoms with Crippen molar-refractivity contribution in [2.45, 2.75) is 32.1 Å². The third kappa shape index (κ3) is 4.50. The van der Waals surface area contributed by atoms with Gasteiger partial charge in [-0.3, -0.25) is 10.1 Å². The van der Waals surface area contributed by atoms with E-state index in [-0.39, 0.29) is 16.7 Å². The van der Waals surface area contributed by atoms with Gasteiger partial charge in [0, 0.05) is 31.0 Å². The second-order valence-electron chi connectivity index (χ2n) is 6.62. The van der Waals surface area contributed by atoms with Gasteiger partial charge in [0.15, 0.2) is 0 Å². The fourth-order valence-corrected chi connectivity index (χ4v) is 3.05. The van der Waals surface area contributed by atoms with Crippen LogP contribution in [0.5, 0.6) is 0 Å². The molecule has 1 aliphatic heterocycles. The molecule has 1 aromatic rings. The molecule has 0 saturated carbocycles. The number of thioether (sulfide) groups is 1. The molecule has 0 radical (unpaired) electrons. The first-order valence-corrected chi connectivity index (χ1v) is 9.04. The van der Waals surface area contributed by atoms with E-state index in [9.17, 15) is 14.9 Å². The van der Waals surface area contributed by atoms with Gasteiger partial charge in [-0.15, -0.1) is 0 Å². The van der Waals surface area contributed by atoms with Crippen LogP contribution in [0, 0.1) is 10.1 Å². The molecule has 0 saturated heterocycles. The Bertz CT molecular complexity index is 680. The highest BCUT2D eigenvalue weighted by Gasteiger charge is 2.26. The highest BCUT2D eigenvalue weighted by atomic mass is 32.2. The van der Waals surface area contributed by atoms with E-state index < -0.39 is 5.60 Å². The lowest BCUT2D eigenvalue weighted by molar-refractivity contribution is -0.384. The van der Waals surface area contributed by atoms with Crippen LogP contribution in [0.25, 0.3) is 5.57 Å². The SMILES string of the molecule is CSCc1cc([N+](=O)[O-])ccc1C1=CCN(C(=O)OC(C)(C)C)C1. The van der Waals surface area contributed by atoms with E-state index >= 15 is 0 Å². The zero-order valence-corrected chi connectivity index (χ0v) is 15.2. The lowest BCUT2D eigenvalue weighted by Gasteiger charge is -2.24. The molecule has 0 bridgehead atoms. The second-order valence-corrected chi connectivity index (χ2v) is 7.49. The lowest BCUT2D eigenvalue weighted by atomic mass is 10.0. The van der Waals surface area contributed by atoms with Crippen molar-refractivity contribution in [1.82, 2.24) is 4.90 Å². The summed E-state index contributed by atoms with van der Waals surface area (Å²) in [7, 11) is 0. The van der Waals surface area contributed by atoms with Gasteiger partial charge >= 0.3 is 6.09 Å². The summed E-state index contributed by atoms with van der Waals surface area (Å²) in [5.41, 5.74) is 2.43. The molecule has 1 aliphatic rings. The largest absolute Gasteiger partial charge is 0.444 e. The van der Waals surface area contributed by atoms with Crippen LogP contribution in [-0.2, 0) is 10.5 Å². The molecule has 24 heavy (non-hydrogen) atoms. The van der Waals surface area contributed by atoms with Gasteiger partial charge in [-0.2, -0.15) is 11.8 Å². The Labute approximate surface area is 146 Å². The molecule has 1 heterocycles. The summed E-state index contributed by atoms with van der Waals surface area (Å²) in [6.07, 6.45) is 3.59. The predicted octanol–water partition coefficient (Wildman–Crippen LogP) is 4.09. The quantitative estimate of drug-likeness (QED) is 0.604. The number of non-ortho nitro benzene ring substituents is 1. The van der Waals surface area contributed by atoms with Crippen LogP contribution in [0.4, 0.5) is 10.5 Å². The Morgan fingerprint density at radius 1 is 1.42 bits per heavy atom. The summed E-state index contributed by atoms with van der Waals surface area (Å²) in [6.45, 7) is 6.45. The van der Waals surface area contributed by atoms with Crippen molar-refractivity contribution < 1.29 is 14.5 Å². The molecule has 0 aliphatic carbocycles. The summed E-state index contributed by atoms with van der Waals surface area (Å²) < 4.78 is 5.39. The summed E-state index contributed by atoms with van der Waals surface area (Å²) in [6, 6.07) is 4.90. The van der Waals surface area contributed by atoms with Crippen molar-refractivity contribution in [3.8, 4) is 0 Å². The van der Waals surface area contributed by atoms with Crippen molar-refractivity contribution in [3.63, 3.8) is 0 Å². The third-order valence-electron chi connectivity index (χ3n) is 3.52. The minimum atomic E-state index is -0.531. The number of ether oxygens (including phenoxy) is 1. The standard InChI is InChI=1S/C17H22N2O4S/c1-17(2,3)23-16(20)18-8-7-12(10-18)15-6-5-14(19(21)22)9-13(15)11-24-4/h5-7,9H,8,10-11H2,1-4H3. The lowest BCUT2D eigenvalue weighted by Crippen LogP contribution is -2.35. The van der Waals surface area contributed by atoms with Gasteiger partial charge in [0.25, 0.3) is 5.69 Å². The maximum atomic E-state index is 12.2. The van der Waals surface area contributed by atoms with Gasteiger partial charge in [-0.05, 0) is 49.8 Å². The maximum Gasteiger partial charge on any atom is 0.410 e. The third-order valence-corrected chi connectivity index (χ3v) is 4.12. The molecular formula is C17H22N2O4S. The molecule has 7 heteroatoms. The first kappa shape index (κ1) is 18.3. The van der Waals surface area contributed by atoms with Crippen molar-refractivity contribution in [2.75, 3.05) is 19.3 Å². The van der Waals surface area contributed by atoms with Gasteiger partial charge in [-0.1, -0.05) is 6.08 Å². The van der Waals surface area contributed by atoms with Gasteiger partial charge in [0.05, 0.1) is 4.92 Å². The molecule has 130 valence electrons. The van der Waals surface area contributed by atoms with Crippen LogP contribution in [-0.4, -0.2) is 40.9 Å². The summed E-state index contributed by atoms with van der Waals surface area (Å²) in [5.74, 6) is 0.681. The number of hydrogen-bond donors (Lipinski definition) is 0. The minimum absolute atomic E-state index is 0.0883. The highest BCUT2D eigenvalue weighted by molar-refractivity contribution is 7.97. The smallest absolute Gasteiger partial charge is 0.410 e. The topological polar surface area (TPSA) is 72.7 Å². The monoisotopic (exact) mass is 350 g/mol. The number of rotatable bonds is 4. The van der Waals surface area contributed by atoms with Crippen molar-refractivity contribution >= 4 is 29.1 Å². The Kier molecular flexibility index (Phi) is 5.54. The second kappa shape index (κ2) is 7.25. The van der Waals surface area contributed by atoms with Crippen LogP contribution in [0.1, 0.15) is 31.9 Å². The summed E-state index contributed by atoms with van der Waals surface area (Å²) >= 11 is 1.61. The molecule has 0 N–H and O–H groups in total. The minimum Gasteiger partial charge on any atom is -0.444 e. The Hall–Kier alpha value is -2.02. The van der Waals surface area contributed by atoms with Crippen LogP contribution in [0.3, 0.4) is 0 Å². The van der Waals surface area contributed by atoms with Crippen molar-refractivity contribution in [3.05, 3.63) is 45.5 Å². The number of amides is 1. The molecule has 0 spiro atoms. The molecule has 2 rings (SSSR count). The first-order valence-electron chi connectivity index (χ1n) is 7.65. The van der Waals surface area contributed by atoms with E-state index in [1.165, 1.54) is 6.07 Å². The van der Waals surface area contributed by atoms with Gasteiger partial charge < -0.3 is 9.64 Å². The predicted molar refractivity (Wildman–Crippen MR) is 96.1 cm³/mol. The molecule has 0 unspecified atom stereocenters. The van der Waals surface area contributed by atoms with Gasteiger partial charge in [-0.25, -0.2) is 4.79 Å². The molecule has 0 fully saturated rings. The number of benzene rings is 1. The molecule has 1 amide bonds. The van der Waals surface area contributed by atoms with Crippen LogP contribution >= 0.6 is 11.8 Å². The van der Waals surface area contributed by atoms with E-state index in [1.807, 2.05) is 33.1 Å². The number of carbonyl (C=O) groups is 1. The fourth-order valence-electron chi connectivity index (χ4n) is 2.50. The van der Waals surface area contributed by atoms with E-state index in [0.717, 1.165) is 16.7 Å². The van der Waals surface area contributed by atoms with Crippen LogP contribution < -0.4 is 0 Å². The molecule has 0 aromatic heterocycles. The molecule has 1 aromatic carbocycles. The molecule has 6 nitrogen and oxygen atoms in total.